The Morgan fingerprint density at radius 3 is 2.67 bits per heavy atom. The zero-order valence-corrected chi connectivity index (χ0v) is 13.5. The summed E-state index contributed by atoms with van der Waals surface area (Å²) >= 11 is 12.1. The monoisotopic (exact) mass is 320 g/mol. The van der Waals surface area contributed by atoms with Crippen LogP contribution in [0.15, 0.2) is 42.5 Å². The number of fused-ring (bicyclic) bond motifs is 1. The van der Waals surface area contributed by atoms with Crippen molar-refractivity contribution in [2.24, 2.45) is 0 Å². The van der Waals surface area contributed by atoms with Crippen LogP contribution in [0.25, 0.3) is 0 Å². The van der Waals surface area contributed by atoms with Crippen LogP contribution in [0.2, 0.25) is 5.02 Å². The van der Waals surface area contributed by atoms with Crippen molar-refractivity contribution < 1.29 is 4.74 Å². The molecule has 0 radical (unpaired) electrons. The minimum absolute atomic E-state index is 0.209. The zero-order chi connectivity index (χ0) is 14.8. The van der Waals surface area contributed by atoms with E-state index in [-0.39, 0.29) is 6.10 Å². The zero-order valence-electron chi connectivity index (χ0n) is 12.0. The Morgan fingerprint density at radius 1 is 1.19 bits per heavy atom. The van der Waals surface area contributed by atoms with Gasteiger partial charge in [-0.05, 0) is 42.7 Å². The molecule has 0 bridgehead atoms. The molecule has 3 heteroatoms. The summed E-state index contributed by atoms with van der Waals surface area (Å²) in [5.74, 6) is 1.91. The highest BCUT2D eigenvalue weighted by atomic mass is 35.5. The molecule has 0 aliphatic carbocycles. The molecule has 0 aromatic heterocycles. The molecule has 0 amide bonds. The van der Waals surface area contributed by atoms with E-state index in [1.54, 1.807) is 0 Å². The molecule has 2 aromatic rings. The molecule has 1 aliphatic rings. The molecule has 1 nitrogen and oxygen atoms in total. The number of aryl methyl sites for hydroxylation is 1. The number of hydrogen-bond acceptors (Lipinski definition) is 1. The van der Waals surface area contributed by atoms with E-state index in [0.29, 0.717) is 11.8 Å². The summed E-state index contributed by atoms with van der Waals surface area (Å²) < 4.78 is 6.05. The third kappa shape index (κ3) is 3.36. The van der Waals surface area contributed by atoms with Crippen molar-refractivity contribution in [2.75, 3.05) is 5.88 Å². The predicted octanol–water partition coefficient (Wildman–Crippen LogP) is 5.36. The first-order valence-electron chi connectivity index (χ1n) is 7.23. The predicted molar refractivity (Wildman–Crippen MR) is 88.8 cm³/mol. The van der Waals surface area contributed by atoms with Gasteiger partial charge in [-0.15, -0.1) is 11.6 Å². The molecule has 0 spiro atoms. The van der Waals surface area contributed by atoms with E-state index in [1.165, 1.54) is 16.7 Å². The second-order valence-electron chi connectivity index (χ2n) is 5.69. The molecule has 3 rings (SSSR count). The van der Waals surface area contributed by atoms with Gasteiger partial charge in [0.05, 0.1) is 0 Å². The summed E-state index contributed by atoms with van der Waals surface area (Å²) in [6.07, 6.45) is 2.11. The summed E-state index contributed by atoms with van der Waals surface area (Å²) in [7, 11) is 0. The molecule has 0 saturated carbocycles. The average molecular weight is 321 g/mol. The standard InChI is InChI=1S/C18H18Cl2O/c1-12-2-7-18-14(8-12)9-17(21-18)10-15(11-19)13-3-5-16(20)6-4-13/h2-8,15,17H,9-11H2,1H3. The van der Waals surface area contributed by atoms with E-state index in [1.807, 2.05) is 12.1 Å². The van der Waals surface area contributed by atoms with Crippen LogP contribution in [-0.2, 0) is 6.42 Å². The lowest BCUT2D eigenvalue weighted by atomic mass is 9.93. The van der Waals surface area contributed by atoms with E-state index < -0.39 is 0 Å². The van der Waals surface area contributed by atoms with Gasteiger partial charge in [0.1, 0.15) is 11.9 Å². The molecule has 2 atom stereocenters. The normalized spacial score (nSPS) is 18.1. The van der Waals surface area contributed by atoms with E-state index >= 15 is 0 Å². The van der Waals surface area contributed by atoms with Gasteiger partial charge in [0.25, 0.3) is 0 Å². The fourth-order valence-corrected chi connectivity index (χ4v) is 3.35. The Bertz CT molecular complexity index is 622. The van der Waals surface area contributed by atoms with Gasteiger partial charge < -0.3 is 4.74 Å². The Hall–Kier alpha value is -1.18. The summed E-state index contributed by atoms with van der Waals surface area (Å²) in [6.45, 7) is 2.11. The maximum atomic E-state index is 6.17. The van der Waals surface area contributed by atoms with Crippen LogP contribution >= 0.6 is 23.2 Å². The average Bonchev–Trinajstić information content (AvgIpc) is 2.87. The highest BCUT2D eigenvalue weighted by Crippen LogP contribution is 2.34. The maximum Gasteiger partial charge on any atom is 0.123 e. The van der Waals surface area contributed by atoms with Gasteiger partial charge in [0.15, 0.2) is 0 Å². The van der Waals surface area contributed by atoms with Crippen molar-refractivity contribution in [1.29, 1.82) is 0 Å². The molecule has 2 unspecified atom stereocenters. The van der Waals surface area contributed by atoms with Crippen LogP contribution in [0.5, 0.6) is 5.75 Å². The lowest BCUT2D eigenvalue weighted by Gasteiger charge is -2.19. The summed E-state index contributed by atoms with van der Waals surface area (Å²) in [5, 5.41) is 0.757. The second-order valence-corrected chi connectivity index (χ2v) is 6.44. The number of ether oxygens (including phenoxy) is 1. The van der Waals surface area contributed by atoms with Crippen molar-refractivity contribution in [3.8, 4) is 5.75 Å². The molecular formula is C18H18Cl2O. The van der Waals surface area contributed by atoms with Gasteiger partial charge in [-0.25, -0.2) is 0 Å². The number of alkyl halides is 1. The fourth-order valence-electron chi connectivity index (χ4n) is 2.92. The number of benzene rings is 2. The molecule has 0 saturated heterocycles. The molecule has 2 aromatic carbocycles. The van der Waals surface area contributed by atoms with E-state index in [4.69, 9.17) is 27.9 Å². The Labute approximate surface area is 135 Å². The fraction of sp³-hybridized carbons (Fsp3) is 0.333. The lowest BCUT2D eigenvalue weighted by molar-refractivity contribution is 0.213. The van der Waals surface area contributed by atoms with Crippen LogP contribution in [0.1, 0.15) is 29.0 Å². The molecular weight excluding hydrogens is 303 g/mol. The highest BCUT2D eigenvalue weighted by molar-refractivity contribution is 6.30. The Morgan fingerprint density at radius 2 is 1.95 bits per heavy atom. The Kier molecular flexibility index (Phi) is 4.42. The lowest BCUT2D eigenvalue weighted by Crippen LogP contribution is -2.18. The van der Waals surface area contributed by atoms with E-state index in [0.717, 1.165) is 23.6 Å². The van der Waals surface area contributed by atoms with Crippen molar-refractivity contribution in [2.45, 2.75) is 31.8 Å². The third-order valence-electron chi connectivity index (χ3n) is 4.03. The highest BCUT2D eigenvalue weighted by Gasteiger charge is 2.26. The maximum absolute atomic E-state index is 6.17. The van der Waals surface area contributed by atoms with Crippen LogP contribution in [0.4, 0.5) is 0 Å². The van der Waals surface area contributed by atoms with Crippen molar-refractivity contribution in [3.63, 3.8) is 0 Å². The molecule has 0 fully saturated rings. The van der Waals surface area contributed by atoms with Gasteiger partial charge in [-0.1, -0.05) is 41.4 Å². The van der Waals surface area contributed by atoms with Gasteiger partial charge in [0, 0.05) is 23.2 Å². The SMILES string of the molecule is Cc1ccc2c(c1)CC(CC(CCl)c1ccc(Cl)cc1)O2. The molecule has 21 heavy (non-hydrogen) atoms. The van der Waals surface area contributed by atoms with Crippen LogP contribution in [-0.4, -0.2) is 12.0 Å². The largest absolute Gasteiger partial charge is 0.490 e. The summed E-state index contributed by atoms with van der Waals surface area (Å²) in [5.41, 5.74) is 3.82. The first kappa shape index (κ1) is 14.7. The number of halogens is 2. The van der Waals surface area contributed by atoms with Crippen LogP contribution in [0, 0.1) is 6.92 Å². The third-order valence-corrected chi connectivity index (χ3v) is 4.66. The molecule has 0 N–H and O–H groups in total. The van der Waals surface area contributed by atoms with E-state index in [9.17, 15) is 0 Å². The first-order valence-corrected chi connectivity index (χ1v) is 8.14. The number of rotatable bonds is 4. The number of hydrogen-bond donors (Lipinski definition) is 0. The molecule has 1 aliphatic heterocycles. The quantitative estimate of drug-likeness (QED) is 0.688. The van der Waals surface area contributed by atoms with Crippen LogP contribution < -0.4 is 4.74 Å². The van der Waals surface area contributed by atoms with Gasteiger partial charge >= 0.3 is 0 Å². The summed E-state index contributed by atoms with van der Waals surface area (Å²) in [6, 6.07) is 14.3. The Balaban J connectivity index is 1.70. The van der Waals surface area contributed by atoms with Crippen molar-refractivity contribution in [1.82, 2.24) is 0 Å². The summed E-state index contributed by atoms with van der Waals surface area (Å²) in [4.78, 5) is 0. The van der Waals surface area contributed by atoms with Crippen molar-refractivity contribution >= 4 is 23.2 Å². The minimum atomic E-state index is 0.209. The second kappa shape index (κ2) is 6.29. The first-order chi connectivity index (χ1) is 10.2. The van der Waals surface area contributed by atoms with Gasteiger partial charge in [-0.2, -0.15) is 0 Å². The molecule has 1 heterocycles. The molecule has 110 valence electrons. The van der Waals surface area contributed by atoms with Gasteiger partial charge in [0.2, 0.25) is 0 Å². The van der Waals surface area contributed by atoms with E-state index in [2.05, 4.69) is 37.3 Å². The smallest absolute Gasteiger partial charge is 0.123 e. The van der Waals surface area contributed by atoms with Crippen molar-refractivity contribution in [3.05, 3.63) is 64.2 Å². The minimum Gasteiger partial charge on any atom is -0.490 e. The van der Waals surface area contributed by atoms with Crippen LogP contribution in [0.3, 0.4) is 0 Å². The topological polar surface area (TPSA) is 9.23 Å². The van der Waals surface area contributed by atoms with Gasteiger partial charge in [-0.3, -0.25) is 0 Å².